The van der Waals surface area contributed by atoms with Crippen molar-refractivity contribution in [1.29, 1.82) is 0 Å². The predicted octanol–water partition coefficient (Wildman–Crippen LogP) is 4.47. The van der Waals surface area contributed by atoms with E-state index in [2.05, 4.69) is 38.1 Å². The lowest BCUT2D eigenvalue weighted by molar-refractivity contribution is 0.450. The first-order valence-corrected chi connectivity index (χ1v) is 7.52. The van der Waals surface area contributed by atoms with E-state index in [0.717, 1.165) is 30.0 Å². The molecule has 0 amide bonds. The van der Waals surface area contributed by atoms with Gasteiger partial charge in [-0.1, -0.05) is 6.92 Å². The molecule has 1 N–H and O–H groups in total. The summed E-state index contributed by atoms with van der Waals surface area (Å²) < 4.78 is 19.5. The van der Waals surface area contributed by atoms with Crippen molar-refractivity contribution in [2.24, 2.45) is 0 Å². The number of rotatable bonds is 5. The molecule has 112 valence electrons. The van der Waals surface area contributed by atoms with Crippen LogP contribution in [0.2, 0.25) is 0 Å². The number of nitrogens with one attached hydrogen (secondary N) is 1. The van der Waals surface area contributed by atoms with E-state index in [1.54, 1.807) is 6.07 Å². The van der Waals surface area contributed by atoms with Crippen molar-refractivity contribution in [2.45, 2.75) is 26.7 Å². The van der Waals surface area contributed by atoms with Gasteiger partial charge in [-0.05, 0) is 47.5 Å². The van der Waals surface area contributed by atoms with Gasteiger partial charge >= 0.3 is 0 Å². The average Bonchev–Trinajstić information content (AvgIpc) is 2.45. The van der Waals surface area contributed by atoms with Gasteiger partial charge in [0.25, 0.3) is 0 Å². The van der Waals surface area contributed by atoms with Gasteiger partial charge in [0.05, 0.1) is 10.0 Å². The van der Waals surface area contributed by atoms with Crippen molar-refractivity contribution in [1.82, 2.24) is 9.97 Å². The molecule has 0 unspecified atom stereocenters. The summed E-state index contributed by atoms with van der Waals surface area (Å²) in [6, 6.07) is 4.28. The number of nitrogens with zero attached hydrogens (tertiary/aromatic N) is 2. The predicted molar refractivity (Wildman–Crippen MR) is 84.5 cm³/mol. The third kappa shape index (κ3) is 3.69. The van der Waals surface area contributed by atoms with Gasteiger partial charge in [0.15, 0.2) is 0 Å². The summed E-state index contributed by atoms with van der Waals surface area (Å²) in [5.74, 6) is 2.13. The van der Waals surface area contributed by atoms with Crippen LogP contribution in [0.3, 0.4) is 0 Å². The zero-order valence-corrected chi connectivity index (χ0v) is 13.8. The summed E-state index contributed by atoms with van der Waals surface area (Å²) in [7, 11) is 1.81. The molecular formula is C15H17BrFN3O. The smallest absolute Gasteiger partial charge is 0.227 e. The van der Waals surface area contributed by atoms with Crippen molar-refractivity contribution in [3.05, 3.63) is 39.9 Å². The summed E-state index contributed by atoms with van der Waals surface area (Å²) in [5, 5.41) is 3.04. The lowest BCUT2D eigenvalue weighted by Crippen LogP contribution is -2.05. The van der Waals surface area contributed by atoms with Gasteiger partial charge in [0.2, 0.25) is 5.88 Å². The lowest BCUT2D eigenvalue weighted by Gasteiger charge is -2.13. The highest BCUT2D eigenvalue weighted by molar-refractivity contribution is 9.10. The zero-order valence-electron chi connectivity index (χ0n) is 12.2. The maximum Gasteiger partial charge on any atom is 0.227 e. The standard InChI is InChI=1S/C15H17BrFN3O/c1-4-5-13-19-14(18-3)9(2)15(20-13)21-12-7-6-10(17)8-11(12)16/h6-8H,4-5H2,1-3H3,(H,18,19,20). The van der Waals surface area contributed by atoms with Crippen molar-refractivity contribution in [2.75, 3.05) is 12.4 Å². The van der Waals surface area contributed by atoms with Gasteiger partial charge in [-0.3, -0.25) is 0 Å². The van der Waals surface area contributed by atoms with Crippen molar-refractivity contribution >= 4 is 21.7 Å². The number of halogens is 2. The molecule has 1 heterocycles. The van der Waals surface area contributed by atoms with E-state index in [-0.39, 0.29) is 5.82 Å². The number of ether oxygens (including phenoxy) is 1. The lowest BCUT2D eigenvalue weighted by atomic mass is 10.2. The van der Waals surface area contributed by atoms with Crippen LogP contribution in [0, 0.1) is 12.7 Å². The molecule has 0 saturated heterocycles. The average molecular weight is 354 g/mol. The Kier molecular flexibility index (Phi) is 5.12. The topological polar surface area (TPSA) is 47.0 Å². The van der Waals surface area contributed by atoms with Gasteiger partial charge in [-0.25, -0.2) is 9.37 Å². The molecule has 0 radical (unpaired) electrons. The highest BCUT2D eigenvalue weighted by atomic mass is 79.9. The molecule has 0 aliphatic carbocycles. The van der Waals surface area contributed by atoms with E-state index in [0.29, 0.717) is 16.1 Å². The summed E-state index contributed by atoms with van der Waals surface area (Å²) in [5.41, 5.74) is 0.813. The molecule has 0 spiro atoms. The number of hydrogen-bond acceptors (Lipinski definition) is 4. The molecule has 0 fully saturated rings. The van der Waals surface area contributed by atoms with E-state index in [9.17, 15) is 4.39 Å². The van der Waals surface area contributed by atoms with Crippen LogP contribution in [-0.4, -0.2) is 17.0 Å². The van der Waals surface area contributed by atoms with Crippen molar-refractivity contribution < 1.29 is 9.13 Å². The molecule has 0 aliphatic heterocycles. The van der Waals surface area contributed by atoms with E-state index in [1.807, 2.05) is 14.0 Å². The molecule has 0 bridgehead atoms. The van der Waals surface area contributed by atoms with Crippen LogP contribution in [0.4, 0.5) is 10.2 Å². The first-order valence-electron chi connectivity index (χ1n) is 6.73. The van der Waals surface area contributed by atoms with Crippen LogP contribution in [0.25, 0.3) is 0 Å². The fourth-order valence-corrected chi connectivity index (χ4v) is 2.31. The minimum absolute atomic E-state index is 0.323. The van der Waals surface area contributed by atoms with Crippen LogP contribution in [0.15, 0.2) is 22.7 Å². The molecule has 0 atom stereocenters. The van der Waals surface area contributed by atoms with E-state index < -0.39 is 0 Å². The van der Waals surface area contributed by atoms with Gasteiger partial charge in [-0.15, -0.1) is 0 Å². The molecule has 4 nitrogen and oxygen atoms in total. The summed E-state index contributed by atoms with van der Waals surface area (Å²) in [6.45, 7) is 3.95. The summed E-state index contributed by atoms with van der Waals surface area (Å²) >= 11 is 3.29. The van der Waals surface area contributed by atoms with Gasteiger partial charge in [-0.2, -0.15) is 4.98 Å². The quantitative estimate of drug-likeness (QED) is 0.861. The van der Waals surface area contributed by atoms with Gasteiger partial charge in [0, 0.05) is 13.5 Å². The number of aryl methyl sites for hydroxylation is 1. The van der Waals surface area contributed by atoms with Crippen LogP contribution in [-0.2, 0) is 6.42 Å². The van der Waals surface area contributed by atoms with Crippen LogP contribution in [0.5, 0.6) is 11.6 Å². The van der Waals surface area contributed by atoms with Gasteiger partial charge < -0.3 is 10.1 Å². The molecule has 2 aromatic rings. The highest BCUT2D eigenvalue weighted by Gasteiger charge is 2.13. The van der Waals surface area contributed by atoms with Crippen LogP contribution < -0.4 is 10.1 Å². The van der Waals surface area contributed by atoms with Gasteiger partial charge in [0.1, 0.15) is 23.2 Å². The Morgan fingerprint density at radius 3 is 2.71 bits per heavy atom. The minimum atomic E-state index is -0.323. The Morgan fingerprint density at radius 2 is 2.10 bits per heavy atom. The molecule has 1 aromatic heterocycles. The second-order valence-electron chi connectivity index (χ2n) is 4.60. The molecule has 21 heavy (non-hydrogen) atoms. The maximum absolute atomic E-state index is 13.1. The van der Waals surface area contributed by atoms with Crippen molar-refractivity contribution in [3.8, 4) is 11.6 Å². The third-order valence-electron chi connectivity index (χ3n) is 2.96. The molecule has 0 saturated carbocycles. The van der Waals surface area contributed by atoms with E-state index in [1.165, 1.54) is 12.1 Å². The highest BCUT2D eigenvalue weighted by Crippen LogP contribution is 2.32. The van der Waals surface area contributed by atoms with E-state index >= 15 is 0 Å². The second kappa shape index (κ2) is 6.85. The van der Waals surface area contributed by atoms with E-state index in [4.69, 9.17) is 4.74 Å². The molecule has 0 aliphatic rings. The summed E-state index contributed by atoms with van der Waals surface area (Å²) in [4.78, 5) is 8.89. The first kappa shape index (κ1) is 15.7. The Labute approximate surface area is 131 Å². The number of anilines is 1. The number of hydrogen-bond donors (Lipinski definition) is 1. The van der Waals surface area contributed by atoms with Crippen LogP contribution >= 0.6 is 15.9 Å². The largest absolute Gasteiger partial charge is 0.437 e. The molecule has 1 aromatic carbocycles. The normalized spacial score (nSPS) is 10.5. The first-order chi connectivity index (χ1) is 10.0. The molecule has 2 rings (SSSR count). The zero-order chi connectivity index (χ0) is 15.4. The Hall–Kier alpha value is -1.69. The van der Waals surface area contributed by atoms with Crippen LogP contribution in [0.1, 0.15) is 24.7 Å². The Balaban J connectivity index is 2.40. The Morgan fingerprint density at radius 1 is 1.33 bits per heavy atom. The SMILES string of the molecule is CCCc1nc(NC)c(C)c(Oc2ccc(F)cc2Br)n1. The third-order valence-corrected chi connectivity index (χ3v) is 3.58. The number of benzene rings is 1. The second-order valence-corrected chi connectivity index (χ2v) is 5.45. The molecule has 6 heteroatoms. The fraction of sp³-hybridized carbons (Fsp3) is 0.333. The fourth-order valence-electron chi connectivity index (χ4n) is 1.88. The monoisotopic (exact) mass is 353 g/mol. The number of aromatic nitrogens is 2. The summed E-state index contributed by atoms with van der Waals surface area (Å²) in [6.07, 6.45) is 1.72. The minimum Gasteiger partial charge on any atom is -0.437 e. The van der Waals surface area contributed by atoms with Crippen molar-refractivity contribution in [3.63, 3.8) is 0 Å². The Bertz CT molecular complexity index is 649. The molecular weight excluding hydrogens is 337 g/mol. The maximum atomic E-state index is 13.1.